The predicted molar refractivity (Wildman–Crippen MR) is 87.9 cm³/mol. The summed E-state index contributed by atoms with van der Waals surface area (Å²) in [6, 6.07) is 8.52. The number of carbonyl (C=O) groups excluding carboxylic acids is 1. The van der Waals surface area contributed by atoms with E-state index in [9.17, 15) is 9.59 Å². The first kappa shape index (κ1) is 18.2. The van der Waals surface area contributed by atoms with Gasteiger partial charge < -0.3 is 10.4 Å². The van der Waals surface area contributed by atoms with Gasteiger partial charge in [0.15, 0.2) is 0 Å². The van der Waals surface area contributed by atoms with E-state index < -0.39 is 11.5 Å². The molecule has 0 aliphatic heterocycles. The van der Waals surface area contributed by atoms with Crippen LogP contribution in [0.25, 0.3) is 0 Å². The maximum atomic E-state index is 11.8. The predicted octanol–water partition coefficient (Wildman–Crippen LogP) is 3.50. The van der Waals surface area contributed by atoms with Crippen molar-refractivity contribution >= 4 is 11.9 Å². The Morgan fingerprint density at radius 3 is 2.32 bits per heavy atom. The first-order valence-electron chi connectivity index (χ1n) is 7.89. The molecule has 1 rings (SSSR count). The summed E-state index contributed by atoms with van der Waals surface area (Å²) < 4.78 is 0. The minimum absolute atomic E-state index is 0.219. The molecule has 0 aliphatic rings. The van der Waals surface area contributed by atoms with Gasteiger partial charge in [-0.15, -0.1) is 0 Å². The maximum absolute atomic E-state index is 11.8. The number of hydrogen-bond acceptors (Lipinski definition) is 2. The van der Waals surface area contributed by atoms with Crippen molar-refractivity contribution < 1.29 is 14.7 Å². The molecule has 1 amide bonds. The van der Waals surface area contributed by atoms with Crippen LogP contribution in [0.2, 0.25) is 0 Å². The van der Waals surface area contributed by atoms with E-state index in [1.165, 1.54) is 25.0 Å². The van der Waals surface area contributed by atoms with E-state index in [0.717, 1.165) is 12.8 Å². The minimum Gasteiger partial charge on any atom is -0.480 e. The highest BCUT2D eigenvalue weighted by molar-refractivity contribution is 5.86. The Kier molecular flexibility index (Phi) is 6.60. The normalized spacial score (nSPS) is 12.7. The number of hydrogen-bond donors (Lipinski definition) is 2. The molecule has 2 N–H and O–H groups in total. The monoisotopic (exact) mass is 305 g/mol. The summed E-state index contributed by atoms with van der Waals surface area (Å²) in [7, 11) is 0. The lowest BCUT2D eigenvalue weighted by Gasteiger charge is -2.20. The summed E-state index contributed by atoms with van der Waals surface area (Å²) >= 11 is 0. The van der Waals surface area contributed by atoms with Crippen LogP contribution in [0.3, 0.4) is 0 Å². The van der Waals surface area contributed by atoms with E-state index in [4.69, 9.17) is 5.11 Å². The highest BCUT2D eigenvalue weighted by Crippen LogP contribution is 2.19. The molecule has 0 fully saturated rings. The Balaban J connectivity index is 2.41. The fourth-order valence-corrected chi connectivity index (χ4v) is 2.17. The summed E-state index contributed by atoms with van der Waals surface area (Å²) in [5.41, 5.74) is 1.33. The van der Waals surface area contributed by atoms with Crippen molar-refractivity contribution in [3.8, 4) is 0 Å². The first-order valence-corrected chi connectivity index (χ1v) is 7.89. The zero-order valence-corrected chi connectivity index (χ0v) is 14.0. The molecule has 0 aromatic heterocycles. The second-order valence-corrected chi connectivity index (χ2v) is 6.38. The lowest BCUT2D eigenvalue weighted by Crippen LogP contribution is -2.49. The van der Waals surface area contributed by atoms with Gasteiger partial charge in [-0.05, 0) is 50.2 Å². The summed E-state index contributed by atoms with van der Waals surface area (Å²) in [4.78, 5) is 22.7. The SMILES string of the molecule is CCC(C)c1ccc(CCCC(=O)NC(C)(C)C(=O)O)cc1. The summed E-state index contributed by atoms with van der Waals surface area (Å²) in [6.45, 7) is 7.36. The number of aliphatic carboxylic acids is 1. The quantitative estimate of drug-likeness (QED) is 0.772. The second-order valence-electron chi connectivity index (χ2n) is 6.38. The maximum Gasteiger partial charge on any atom is 0.328 e. The summed E-state index contributed by atoms with van der Waals surface area (Å²) in [6.07, 6.45) is 2.99. The summed E-state index contributed by atoms with van der Waals surface area (Å²) in [5.74, 6) is -0.678. The van der Waals surface area contributed by atoms with Gasteiger partial charge in [0.2, 0.25) is 5.91 Å². The molecular weight excluding hydrogens is 278 g/mol. The van der Waals surface area contributed by atoms with Gasteiger partial charge in [0.1, 0.15) is 5.54 Å². The van der Waals surface area contributed by atoms with Crippen LogP contribution in [0.5, 0.6) is 0 Å². The van der Waals surface area contributed by atoms with Gasteiger partial charge in [-0.2, -0.15) is 0 Å². The third kappa shape index (κ3) is 5.51. The third-order valence-corrected chi connectivity index (χ3v) is 4.02. The number of carbonyl (C=O) groups is 2. The molecule has 0 heterocycles. The molecule has 1 unspecified atom stereocenters. The molecule has 0 saturated carbocycles. The van der Waals surface area contributed by atoms with Crippen molar-refractivity contribution in [3.05, 3.63) is 35.4 Å². The Labute approximate surface area is 132 Å². The van der Waals surface area contributed by atoms with Gasteiger partial charge in [0.05, 0.1) is 0 Å². The third-order valence-electron chi connectivity index (χ3n) is 4.02. The van der Waals surface area contributed by atoms with Crippen molar-refractivity contribution in [2.24, 2.45) is 0 Å². The number of carboxylic acids is 1. The van der Waals surface area contributed by atoms with E-state index >= 15 is 0 Å². The number of rotatable bonds is 8. The fourth-order valence-electron chi connectivity index (χ4n) is 2.17. The average Bonchev–Trinajstić information content (AvgIpc) is 2.46. The van der Waals surface area contributed by atoms with Crippen LogP contribution in [0.4, 0.5) is 0 Å². The molecule has 0 aliphatic carbocycles. The number of carboxylic acid groups (broad SMARTS) is 1. The molecule has 4 heteroatoms. The number of benzene rings is 1. The molecule has 1 aromatic carbocycles. The molecule has 1 aromatic rings. The van der Waals surface area contributed by atoms with Gasteiger partial charge in [0, 0.05) is 6.42 Å². The van der Waals surface area contributed by atoms with E-state index in [0.29, 0.717) is 18.8 Å². The molecule has 0 spiro atoms. The van der Waals surface area contributed by atoms with Crippen molar-refractivity contribution in [2.45, 2.75) is 64.8 Å². The van der Waals surface area contributed by atoms with E-state index in [1.54, 1.807) is 0 Å². The van der Waals surface area contributed by atoms with Crippen LogP contribution < -0.4 is 5.32 Å². The Hall–Kier alpha value is -1.84. The molecule has 122 valence electrons. The van der Waals surface area contributed by atoms with Crippen LogP contribution in [0, 0.1) is 0 Å². The lowest BCUT2D eigenvalue weighted by atomic mass is 9.96. The molecule has 0 bridgehead atoms. The van der Waals surface area contributed by atoms with Crippen LogP contribution in [0.15, 0.2) is 24.3 Å². The Morgan fingerprint density at radius 2 is 1.82 bits per heavy atom. The van der Waals surface area contributed by atoms with Crippen LogP contribution >= 0.6 is 0 Å². The first-order chi connectivity index (χ1) is 10.3. The van der Waals surface area contributed by atoms with Crippen molar-refractivity contribution in [2.75, 3.05) is 0 Å². The van der Waals surface area contributed by atoms with Crippen molar-refractivity contribution in [1.29, 1.82) is 0 Å². The average molecular weight is 305 g/mol. The smallest absolute Gasteiger partial charge is 0.328 e. The molecule has 0 saturated heterocycles. The minimum atomic E-state index is -1.21. The molecule has 22 heavy (non-hydrogen) atoms. The Morgan fingerprint density at radius 1 is 1.23 bits per heavy atom. The van der Waals surface area contributed by atoms with Gasteiger partial charge in [-0.1, -0.05) is 38.1 Å². The fraction of sp³-hybridized carbons (Fsp3) is 0.556. The van der Waals surface area contributed by atoms with Crippen molar-refractivity contribution in [1.82, 2.24) is 5.32 Å². The summed E-state index contributed by atoms with van der Waals surface area (Å²) in [5, 5.41) is 11.5. The zero-order chi connectivity index (χ0) is 16.8. The molecular formula is C18H27NO3. The van der Waals surface area contributed by atoms with Gasteiger partial charge in [-0.3, -0.25) is 4.79 Å². The van der Waals surface area contributed by atoms with Gasteiger partial charge >= 0.3 is 5.97 Å². The van der Waals surface area contributed by atoms with E-state index in [-0.39, 0.29) is 5.91 Å². The molecule has 4 nitrogen and oxygen atoms in total. The number of aryl methyl sites for hydroxylation is 1. The highest BCUT2D eigenvalue weighted by atomic mass is 16.4. The lowest BCUT2D eigenvalue weighted by molar-refractivity contribution is -0.146. The van der Waals surface area contributed by atoms with Crippen molar-refractivity contribution in [3.63, 3.8) is 0 Å². The van der Waals surface area contributed by atoms with Gasteiger partial charge in [-0.25, -0.2) is 4.79 Å². The molecule has 1 atom stereocenters. The van der Waals surface area contributed by atoms with E-state index in [1.807, 2.05) is 0 Å². The Bertz CT molecular complexity index is 506. The number of nitrogens with one attached hydrogen (secondary N) is 1. The van der Waals surface area contributed by atoms with Crippen LogP contribution in [0.1, 0.15) is 64.0 Å². The standard InChI is InChI=1S/C18H27NO3/c1-5-13(2)15-11-9-14(10-12-15)7-6-8-16(20)19-18(3,4)17(21)22/h9-13H,5-8H2,1-4H3,(H,19,20)(H,21,22). The van der Waals surface area contributed by atoms with E-state index in [2.05, 4.69) is 43.4 Å². The molecule has 0 radical (unpaired) electrons. The van der Waals surface area contributed by atoms with Gasteiger partial charge in [0.25, 0.3) is 0 Å². The number of amides is 1. The largest absolute Gasteiger partial charge is 0.480 e. The van der Waals surface area contributed by atoms with Crippen LogP contribution in [-0.4, -0.2) is 22.5 Å². The topological polar surface area (TPSA) is 66.4 Å². The zero-order valence-electron chi connectivity index (χ0n) is 14.0. The second kappa shape index (κ2) is 7.97. The van der Waals surface area contributed by atoms with Crippen LogP contribution in [-0.2, 0) is 16.0 Å². The highest BCUT2D eigenvalue weighted by Gasteiger charge is 2.28.